The maximum absolute atomic E-state index is 9.40. The van der Waals surface area contributed by atoms with E-state index in [1.807, 2.05) is 6.92 Å². The first kappa shape index (κ1) is 8.65. The minimum atomic E-state index is -0.0822. The van der Waals surface area contributed by atoms with Crippen LogP contribution in [0.25, 0.3) is 0 Å². The molecule has 0 aliphatic heterocycles. The van der Waals surface area contributed by atoms with Gasteiger partial charge < -0.3 is 10.2 Å². The summed E-state index contributed by atoms with van der Waals surface area (Å²) in [4.78, 5) is 0. The first-order valence-electron chi connectivity index (χ1n) is 3.80. The fraction of sp³-hybridized carbons (Fsp3) is 0.200. The second kappa shape index (κ2) is 3.30. The molecule has 0 radical (unpaired) electrons. The molecular weight excluding hydrogens is 152 g/mol. The van der Waals surface area contributed by atoms with Gasteiger partial charge in [0, 0.05) is 11.5 Å². The third kappa shape index (κ3) is 1.42. The Labute approximate surface area is 71.8 Å². The quantitative estimate of drug-likeness (QED) is 0.520. The third-order valence-corrected chi connectivity index (χ3v) is 1.89. The molecule has 64 valence electrons. The van der Waals surface area contributed by atoms with Crippen LogP contribution in [-0.4, -0.2) is 10.2 Å². The summed E-state index contributed by atoms with van der Waals surface area (Å²) in [7, 11) is 0. The maximum Gasteiger partial charge on any atom is 0.161 e. The van der Waals surface area contributed by atoms with Crippen LogP contribution in [0.4, 0.5) is 0 Å². The van der Waals surface area contributed by atoms with Crippen molar-refractivity contribution in [1.82, 2.24) is 0 Å². The molecule has 0 bridgehead atoms. The van der Waals surface area contributed by atoms with Crippen LogP contribution < -0.4 is 0 Å². The van der Waals surface area contributed by atoms with Crippen LogP contribution >= 0.6 is 0 Å². The van der Waals surface area contributed by atoms with Crippen LogP contribution in [0.2, 0.25) is 0 Å². The zero-order chi connectivity index (χ0) is 9.14. The Kier molecular flexibility index (Phi) is 2.38. The number of phenols is 2. The molecule has 2 heteroatoms. The van der Waals surface area contributed by atoms with Crippen molar-refractivity contribution in [3.8, 4) is 11.5 Å². The molecule has 0 aliphatic carbocycles. The number of hydrogen-bond acceptors (Lipinski definition) is 2. The molecule has 0 aromatic heterocycles. The summed E-state index contributed by atoms with van der Waals surface area (Å²) in [6.07, 6.45) is 1.72. The van der Waals surface area contributed by atoms with E-state index in [-0.39, 0.29) is 17.4 Å². The molecule has 1 unspecified atom stereocenters. The van der Waals surface area contributed by atoms with Crippen molar-refractivity contribution in [2.75, 3.05) is 0 Å². The molecule has 0 amide bonds. The summed E-state index contributed by atoms with van der Waals surface area (Å²) in [5.41, 5.74) is 0.699. The molecule has 12 heavy (non-hydrogen) atoms. The normalized spacial score (nSPS) is 12.4. The molecule has 1 aromatic carbocycles. The Balaban J connectivity index is 3.15. The van der Waals surface area contributed by atoms with E-state index >= 15 is 0 Å². The van der Waals surface area contributed by atoms with E-state index in [9.17, 15) is 5.11 Å². The van der Waals surface area contributed by atoms with Crippen LogP contribution in [0.5, 0.6) is 11.5 Å². The first-order valence-corrected chi connectivity index (χ1v) is 3.80. The van der Waals surface area contributed by atoms with E-state index in [1.54, 1.807) is 18.2 Å². The molecule has 0 saturated heterocycles. The van der Waals surface area contributed by atoms with Gasteiger partial charge in [-0.1, -0.05) is 25.1 Å². The number of benzene rings is 1. The fourth-order valence-corrected chi connectivity index (χ4v) is 1.04. The van der Waals surface area contributed by atoms with Gasteiger partial charge in [-0.3, -0.25) is 0 Å². The minimum absolute atomic E-state index is 0.0510. The molecule has 2 N–H and O–H groups in total. The van der Waals surface area contributed by atoms with Crippen molar-refractivity contribution in [2.24, 2.45) is 0 Å². The lowest BCUT2D eigenvalue weighted by molar-refractivity contribution is 0.398. The van der Waals surface area contributed by atoms with E-state index in [1.165, 1.54) is 6.07 Å². The Hall–Kier alpha value is -1.44. The maximum atomic E-state index is 9.40. The predicted octanol–water partition coefficient (Wildman–Crippen LogP) is 2.39. The highest BCUT2D eigenvalue weighted by molar-refractivity contribution is 5.46. The molecule has 0 fully saturated rings. The van der Waals surface area contributed by atoms with Gasteiger partial charge in [-0.15, -0.1) is 6.58 Å². The van der Waals surface area contributed by atoms with Crippen molar-refractivity contribution in [3.63, 3.8) is 0 Å². The Morgan fingerprint density at radius 1 is 1.42 bits per heavy atom. The number of para-hydroxylation sites is 1. The van der Waals surface area contributed by atoms with Crippen LogP contribution in [0.1, 0.15) is 18.4 Å². The van der Waals surface area contributed by atoms with Crippen LogP contribution in [0.15, 0.2) is 30.9 Å². The monoisotopic (exact) mass is 164 g/mol. The summed E-state index contributed by atoms with van der Waals surface area (Å²) < 4.78 is 0. The summed E-state index contributed by atoms with van der Waals surface area (Å²) in [5.74, 6) is -0.0804. The third-order valence-electron chi connectivity index (χ3n) is 1.89. The Bertz CT molecular complexity index is 292. The number of phenolic OH excluding ortho intramolecular Hbond substituents is 2. The Morgan fingerprint density at radius 2 is 2.08 bits per heavy atom. The highest BCUT2D eigenvalue weighted by atomic mass is 16.3. The number of rotatable bonds is 2. The predicted molar refractivity (Wildman–Crippen MR) is 48.4 cm³/mol. The molecule has 1 aromatic rings. The highest BCUT2D eigenvalue weighted by Crippen LogP contribution is 2.33. The molecule has 0 spiro atoms. The molecule has 2 nitrogen and oxygen atoms in total. The summed E-state index contributed by atoms with van der Waals surface area (Å²) in [6.45, 7) is 5.52. The smallest absolute Gasteiger partial charge is 0.161 e. The standard InChI is InChI=1S/C10H12O2/c1-3-7(2)8-5-4-6-9(11)10(8)12/h3-7,11-12H,1H2,2H3. The van der Waals surface area contributed by atoms with Gasteiger partial charge in [0.15, 0.2) is 11.5 Å². The molecular formula is C10H12O2. The average molecular weight is 164 g/mol. The van der Waals surface area contributed by atoms with Crippen LogP contribution in [-0.2, 0) is 0 Å². The van der Waals surface area contributed by atoms with Crippen molar-refractivity contribution >= 4 is 0 Å². The molecule has 1 rings (SSSR count). The largest absolute Gasteiger partial charge is 0.504 e. The lowest BCUT2D eigenvalue weighted by Crippen LogP contribution is -1.88. The van der Waals surface area contributed by atoms with Gasteiger partial charge in [-0.2, -0.15) is 0 Å². The van der Waals surface area contributed by atoms with Gasteiger partial charge in [0.2, 0.25) is 0 Å². The summed E-state index contributed by atoms with van der Waals surface area (Å²) in [5, 5.41) is 18.6. The summed E-state index contributed by atoms with van der Waals surface area (Å²) in [6, 6.07) is 4.92. The van der Waals surface area contributed by atoms with Gasteiger partial charge >= 0.3 is 0 Å². The van der Waals surface area contributed by atoms with Crippen LogP contribution in [0, 0.1) is 0 Å². The number of hydrogen-bond donors (Lipinski definition) is 2. The van der Waals surface area contributed by atoms with Crippen molar-refractivity contribution in [1.29, 1.82) is 0 Å². The van der Waals surface area contributed by atoms with Crippen LogP contribution in [0.3, 0.4) is 0 Å². The van der Waals surface area contributed by atoms with Gasteiger partial charge in [-0.05, 0) is 6.07 Å². The number of aromatic hydroxyl groups is 2. The Morgan fingerprint density at radius 3 is 2.67 bits per heavy atom. The lowest BCUT2D eigenvalue weighted by atomic mass is 10.0. The van der Waals surface area contributed by atoms with Crippen molar-refractivity contribution in [3.05, 3.63) is 36.4 Å². The van der Waals surface area contributed by atoms with E-state index < -0.39 is 0 Å². The molecule has 0 saturated carbocycles. The fourth-order valence-electron chi connectivity index (χ4n) is 1.04. The van der Waals surface area contributed by atoms with Gasteiger partial charge in [0.1, 0.15) is 0 Å². The van der Waals surface area contributed by atoms with Gasteiger partial charge in [0.05, 0.1) is 0 Å². The first-order chi connectivity index (χ1) is 5.66. The van der Waals surface area contributed by atoms with E-state index in [2.05, 4.69) is 6.58 Å². The van der Waals surface area contributed by atoms with Gasteiger partial charge in [-0.25, -0.2) is 0 Å². The van der Waals surface area contributed by atoms with E-state index in [0.717, 1.165) is 0 Å². The number of allylic oxidation sites excluding steroid dienone is 1. The highest BCUT2D eigenvalue weighted by Gasteiger charge is 2.09. The summed E-state index contributed by atoms with van der Waals surface area (Å²) >= 11 is 0. The molecule has 0 heterocycles. The second-order valence-corrected chi connectivity index (χ2v) is 2.74. The van der Waals surface area contributed by atoms with Crippen molar-refractivity contribution < 1.29 is 10.2 Å². The molecule has 0 aliphatic rings. The average Bonchev–Trinajstić information content (AvgIpc) is 2.08. The molecule has 1 atom stereocenters. The van der Waals surface area contributed by atoms with E-state index in [4.69, 9.17) is 5.11 Å². The van der Waals surface area contributed by atoms with Crippen molar-refractivity contribution in [2.45, 2.75) is 12.8 Å². The minimum Gasteiger partial charge on any atom is -0.504 e. The zero-order valence-corrected chi connectivity index (χ0v) is 6.99. The SMILES string of the molecule is C=CC(C)c1cccc(O)c1O. The topological polar surface area (TPSA) is 40.5 Å². The van der Waals surface area contributed by atoms with E-state index in [0.29, 0.717) is 5.56 Å². The lowest BCUT2D eigenvalue weighted by Gasteiger charge is -2.09. The van der Waals surface area contributed by atoms with Gasteiger partial charge in [0.25, 0.3) is 0 Å². The zero-order valence-electron chi connectivity index (χ0n) is 6.99. The second-order valence-electron chi connectivity index (χ2n) is 2.74.